The fourth-order valence-electron chi connectivity index (χ4n) is 1.57. The molecule has 0 fully saturated rings. The Bertz CT molecular complexity index is 394. The number of benzene rings is 1. The van der Waals surface area contributed by atoms with E-state index < -0.39 is 11.1 Å². The third kappa shape index (κ3) is 2.51. The van der Waals surface area contributed by atoms with Gasteiger partial charge in [0.2, 0.25) is 0 Å². The molecule has 0 bridgehead atoms. The molecule has 0 saturated heterocycles. The van der Waals surface area contributed by atoms with Gasteiger partial charge in [-0.05, 0) is 18.2 Å². The van der Waals surface area contributed by atoms with Crippen LogP contribution in [-0.2, 0) is 15.3 Å². The summed E-state index contributed by atoms with van der Waals surface area (Å²) in [6.45, 7) is 0.962. The summed E-state index contributed by atoms with van der Waals surface area (Å²) in [6.07, 6.45) is 1.51. The highest BCUT2D eigenvalue weighted by molar-refractivity contribution is 7.79. The number of fused-ring (bicyclic) bond motifs is 1. The van der Waals surface area contributed by atoms with Gasteiger partial charge in [0.1, 0.15) is 5.75 Å². The van der Waals surface area contributed by atoms with Gasteiger partial charge >= 0.3 is 0 Å². The minimum atomic E-state index is -1.23. The second kappa shape index (κ2) is 4.51. The highest BCUT2D eigenvalue weighted by atomic mass is 35.5. The van der Waals surface area contributed by atoms with E-state index in [2.05, 4.69) is 0 Å². The predicted molar refractivity (Wildman–Crippen MR) is 59.7 cm³/mol. The molecular formula is C10H11ClO3S. The van der Waals surface area contributed by atoms with Crippen molar-refractivity contribution >= 4 is 22.7 Å². The molecule has 0 N–H and O–H groups in total. The molecule has 5 heteroatoms. The van der Waals surface area contributed by atoms with Crippen LogP contribution in [0.4, 0.5) is 0 Å². The number of rotatable bonds is 3. The van der Waals surface area contributed by atoms with Gasteiger partial charge in [0, 0.05) is 22.8 Å². The molecule has 0 aromatic heterocycles. The van der Waals surface area contributed by atoms with Crippen LogP contribution in [0.2, 0.25) is 5.02 Å². The van der Waals surface area contributed by atoms with E-state index in [1.165, 1.54) is 6.26 Å². The Morgan fingerprint density at radius 1 is 1.67 bits per heavy atom. The van der Waals surface area contributed by atoms with Gasteiger partial charge in [-0.15, -0.1) is 0 Å². The molecule has 82 valence electrons. The Morgan fingerprint density at radius 2 is 2.47 bits per heavy atom. The van der Waals surface area contributed by atoms with Crippen LogP contribution in [0.15, 0.2) is 18.2 Å². The summed E-state index contributed by atoms with van der Waals surface area (Å²) in [5, 5.41) is 0.682. The van der Waals surface area contributed by atoms with E-state index in [-0.39, 0.29) is 5.92 Å². The van der Waals surface area contributed by atoms with Gasteiger partial charge in [-0.25, -0.2) is 4.21 Å². The maximum absolute atomic E-state index is 10.8. The number of ether oxygens (including phenoxy) is 1. The summed E-state index contributed by atoms with van der Waals surface area (Å²) in [5.41, 5.74) is 1.04. The fraction of sp³-hybridized carbons (Fsp3) is 0.400. The van der Waals surface area contributed by atoms with Gasteiger partial charge in [-0.3, -0.25) is 4.18 Å². The van der Waals surface area contributed by atoms with Crippen molar-refractivity contribution in [1.82, 2.24) is 0 Å². The zero-order chi connectivity index (χ0) is 10.8. The molecule has 0 aliphatic carbocycles. The molecule has 1 aliphatic heterocycles. The number of hydrogen-bond acceptors (Lipinski definition) is 3. The Kier molecular flexibility index (Phi) is 3.29. The van der Waals surface area contributed by atoms with Crippen molar-refractivity contribution in [2.75, 3.05) is 19.5 Å². The van der Waals surface area contributed by atoms with E-state index in [0.717, 1.165) is 11.3 Å². The van der Waals surface area contributed by atoms with Crippen LogP contribution in [-0.4, -0.2) is 23.7 Å². The first kappa shape index (κ1) is 10.9. The smallest absolute Gasteiger partial charge is 0.152 e. The Hall–Kier alpha value is -0.580. The van der Waals surface area contributed by atoms with Crippen LogP contribution >= 0.6 is 11.6 Å². The van der Waals surface area contributed by atoms with E-state index in [0.29, 0.717) is 18.2 Å². The van der Waals surface area contributed by atoms with Crippen LogP contribution in [0.1, 0.15) is 11.5 Å². The van der Waals surface area contributed by atoms with E-state index in [9.17, 15) is 4.21 Å². The van der Waals surface area contributed by atoms with E-state index >= 15 is 0 Å². The highest BCUT2D eigenvalue weighted by Crippen LogP contribution is 2.35. The molecule has 1 aromatic rings. The standard InChI is InChI=1S/C10H11ClO3S/c1-15(12)14-6-7-5-13-10-3-2-8(11)4-9(7)10/h2-4,7H,5-6H2,1H3. The second-order valence-electron chi connectivity index (χ2n) is 3.38. The zero-order valence-corrected chi connectivity index (χ0v) is 9.81. The van der Waals surface area contributed by atoms with Gasteiger partial charge < -0.3 is 4.74 Å². The summed E-state index contributed by atoms with van der Waals surface area (Å²) in [5.74, 6) is 0.970. The molecule has 3 nitrogen and oxygen atoms in total. The average molecular weight is 247 g/mol. The fourth-order valence-corrected chi connectivity index (χ4v) is 2.10. The van der Waals surface area contributed by atoms with Gasteiger partial charge in [0.15, 0.2) is 11.1 Å². The molecule has 0 radical (unpaired) electrons. The molecule has 0 amide bonds. The molecule has 2 unspecified atom stereocenters. The lowest BCUT2D eigenvalue weighted by molar-refractivity contribution is 0.264. The summed E-state index contributed by atoms with van der Waals surface area (Å²) < 4.78 is 21.3. The molecule has 2 rings (SSSR count). The van der Waals surface area contributed by atoms with Crippen molar-refractivity contribution in [3.8, 4) is 5.75 Å². The maximum atomic E-state index is 10.8. The van der Waals surface area contributed by atoms with E-state index in [4.69, 9.17) is 20.5 Å². The first-order chi connectivity index (χ1) is 7.16. The SMILES string of the molecule is CS(=O)OCC1COc2ccc(Cl)cc21. The molecule has 2 atom stereocenters. The Morgan fingerprint density at radius 3 is 3.20 bits per heavy atom. The quantitative estimate of drug-likeness (QED) is 0.820. The second-order valence-corrected chi connectivity index (χ2v) is 4.85. The Balaban J connectivity index is 2.13. The van der Waals surface area contributed by atoms with Crippen LogP contribution in [0.25, 0.3) is 0 Å². The molecule has 0 saturated carbocycles. The van der Waals surface area contributed by atoms with Crippen molar-refractivity contribution in [1.29, 1.82) is 0 Å². The lowest BCUT2D eigenvalue weighted by Gasteiger charge is -2.07. The van der Waals surface area contributed by atoms with Crippen molar-refractivity contribution in [3.05, 3.63) is 28.8 Å². The average Bonchev–Trinajstić information content (AvgIpc) is 2.57. The van der Waals surface area contributed by atoms with Gasteiger partial charge in [0.05, 0.1) is 13.2 Å². The van der Waals surface area contributed by atoms with Crippen molar-refractivity contribution in [2.24, 2.45) is 0 Å². The predicted octanol–water partition coefficient (Wildman–Crippen LogP) is 2.13. The largest absolute Gasteiger partial charge is 0.493 e. The van der Waals surface area contributed by atoms with Gasteiger partial charge in [-0.2, -0.15) is 0 Å². The van der Waals surface area contributed by atoms with Crippen LogP contribution in [0.5, 0.6) is 5.75 Å². The van der Waals surface area contributed by atoms with Crippen LogP contribution in [0.3, 0.4) is 0 Å². The van der Waals surface area contributed by atoms with Gasteiger partial charge in [0.25, 0.3) is 0 Å². The lowest BCUT2D eigenvalue weighted by Crippen LogP contribution is -2.10. The first-order valence-corrected chi connectivity index (χ1v) is 6.42. The summed E-state index contributed by atoms with van der Waals surface area (Å²) in [4.78, 5) is 0. The molecule has 1 aromatic carbocycles. The molecule has 0 spiro atoms. The zero-order valence-electron chi connectivity index (χ0n) is 8.23. The van der Waals surface area contributed by atoms with Crippen LogP contribution in [0, 0.1) is 0 Å². The topological polar surface area (TPSA) is 35.5 Å². The van der Waals surface area contributed by atoms with Crippen molar-refractivity contribution in [2.45, 2.75) is 5.92 Å². The van der Waals surface area contributed by atoms with Crippen molar-refractivity contribution < 1.29 is 13.1 Å². The molecule has 1 heterocycles. The highest BCUT2D eigenvalue weighted by Gasteiger charge is 2.24. The first-order valence-electron chi connectivity index (χ1n) is 4.56. The van der Waals surface area contributed by atoms with E-state index in [1.807, 2.05) is 12.1 Å². The molecule has 15 heavy (non-hydrogen) atoms. The van der Waals surface area contributed by atoms with Crippen molar-refractivity contribution in [3.63, 3.8) is 0 Å². The minimum Gasteiger partial charge on any atom is -0.493 e. The van der Waals surface area contributed by atoms with Gasteiger partial charge in [-0.1, -0.05) is 11.6 Å². The number of hydrogen-bond donors (Lipinski definition) is 0. The Labute approximate surface area is 96.0 Å². The minimum absolute atomic E-state index is 0.127. The van der Waals surface area contributed by atoms with E-state index in [1.54, 1.807) is 6.07 Å². The third-order valence-corrected chi connectivity index (χ3v) is 2.99. The third-order valence-electron chi connectivity index (χ3n) is 2.29. The van der Waals surface area contributed by atoms with Crippen LogP contribution < -0.4 is 4.74 Å². The molecular weight excluding hydrogens is 236 g/mol. The normalized spacial score (nSPS) is 20.8. The summed E-state index contributed by atoms with van der Waals surface area (Å²) in [7, 11) is 0. The number of halogens is 1. The maximum Gasteiger partial charge on any atom is 0.152 e. The summed E-state index contributed by atoms with van der Waals surface area (Å²) in [6, 6.07) is 5.51. The monoisotopic (exact) mass is 246 g/mol. The lowest BCUT2D eigenvalue weighted by atomic mass is 10.0. The summed E-state index contributed by atoms with van der Waals surface area (Å²) >= 11 is 4.66. The molecule has 1 aliphatic rings.